The van der Waals surface area contributed by atoms with Gasteiger partial charge in [-0.2, -0.15) is 0 Å². The van der Waals surface area contributed by atoms with Gasteiger partial charge in [-0.25, -0.2) is 0 Å². The maximum Gasteiger partial charge on any atom is 0.0120 e. The Balaban J connectivity index is 0.000000148. The van der Waals surface area contributed by atoms with Crippen LogP contribution in [0.2, 0.25) is 0 Å². The number of likely N-dealkylation sites (tertiary alicyclic amines) is 1. The SMILES string of the molecule is CN1CCCC2CCCCC21.CN1CCCNCC1. The average Bonchev–Trinajstić information content (AvgIpc) is 2.68. The minimum absolute atomic E-state index is 0.956. The zero-order valence-corrected chi connectivity index (χ0v) is 13.0. The molecular weight excluding hydrogens is 234 g/mol. The summed E-state index contributed by atoms with van der Waals surface area (Å²) in [6.45, 7) is 6.18. The topological polar surface area (TPSA) is 18.5 Å². The highest BCUT2D eigenvalue weighted by Gasteiger charge is 2.30. The summed E-state index contributed by atoms with van der Waals surface area (Å²) >= 11 is 0. The van der Waals surface area contributed by atoms with Crippen molar-refractivity contribution in [3.63, 3.8) is 0 Å². The Kier molecular flexibility index (Phi) is 6.62. The first-order valence-corrected chi connectivity index (χ1v) is 8.37. The first-order chi connectivity index (χ1) is 9.27. The molecule has 2 atom stereocenters. The van der Waals surface area contributed by atoms with Crippen molar-refractivity contribution in [3.8, 4) is 0 Å². The van der Waals surface area contributed by atoms with Crippen LogP contribution in [-0.4, -0.2) is 62.7 Å². The van der Waals surface area contributed by atoms with E-state index in [9.17, 15) is 0 Å². The van der Waals surface area contributed by atoms with Gasteiger partial charge in [0, 0.05) is 19.1 Å². The summed E-state index contributed by atoms with van der Waals surface area (Å²) in [5.74, 6) is 1.06. The smallest absolute Gasteiger partial charge is 0.0120 e. The first kappa shape index (κ1) is 15.3. The van der Waals surface area contributed by atoms with E-state index in [0.29, 0.717) is 0 Å². The molecule has 3 fully saturated rings. The molecule has 0 aromatic carbocycles. The highest BCUT2D eigenvalue weighted by atomic mass is 15.1. The molecule has 19 heavy (non-hydrogen) atoms. The van der Waals surface area contributed by atoms with Crippen LogP contribution in [0.5, 0.6) is 0 Å². The van der Waals surface area contributed by atoms with E-state index in [-0.39, 0.29) is 0 Å². The molecule has 0 aromatic heterocycles. The van der Waals surface area contributed by atoms with Crippen LogP contribution in [0.25, 0.3) is 0 Å². The molecule has 0 aromatic rings. The lowest BCUT2D eigenvalue weighted by Gasteiger charge is -2.42. The fourth-order valence-electron chi connectivity index (χ4n) is 3.85. The molecule has 0 spiro atoms. The molecule has 2 heterocycles. The normalized spacial score (nSPS) is 33.8. The van der Waals surface area contributed by atoms with E-state index in [1.807, 2.05) is 0 Å². The largest absolute Gasteiger partial charge is 0.315 e. The Morgan fingerprint density at radius 3 is 2.42 bits per heavy atom. The van der Waals surface area contributed by atoms with Crippen LogP contribution in [0.1, 0.15) is 44.9 Å². The highest BCUT2D eigenvalue weighted by molar-refractivity contribution is 4.85. The molecule has 1 saturated carbocycles. The minimum Gasteiger partial charge on any atom is -0.315 e. The van der Waals surface area contributed by atoms with Gasteiger partial charge < -0.3 is 15.1 Å². The third kappa shape index (κ3) is 5.05. The maximum atomic E-state index is 3.34. The van der Waals surface area contributed by atoms with Crippen LogP contribution in [0.15, 0.2) is 0 Å². The fraction of sp³-hybridized carbons (Fsp3) is 1.00. The number of nitrogens with zero attached hydrogens (tertiary/aromatic N) is 2. The highest BCUT2D eigenvalue weighted by Crippen LogP contribution is 2.34. The van der Waals surface area contributed by atoms with Gasteiger partial charge in [0.1, 0.15) is 0 Å². The van der Waals surface area contributed by atoms with Gasteiger partial charge in [-0.15, -0.1) is 0 Å². The van der Waals surface area contributed by atoms with Crippen molar-refractivity contribution < 1.29 is 0 Å². The standard InChI is InChI=1S/C10H19N.C6H14N2/c1-11-8-4-6-9-5-2-3-7-10(9)11;1-8-5-2-3-7-4-6-8/h9-10H,2-8H2,1H3;7H,2-6H2,1H3. The molecule has 112 valence electrons. The van der Waals surface area contributed by atoms with E-state index in [1.165, 1.54) is 71.1 Å². The van der Waals surface area contributed by atoms with Crippen molar-refractivity contribution in [2.75, 3.05) is 46.8 Å². The summed E-state index contributed by atoms with van der Waals surface area (Å²) in [6, 6.07) is 0.956. The van der Waals surface area contributed by atoms with E-state index in [1.54, 1.807) is 0 Å². The van der Waals surface area contributed by atoms with E-state index in [0.717, 1.165) is 18.5 Å². The second-order valence-corrected chi connectivity index (χ2v) is 6.64. The Bertz CT molecular complexity index is 234. The maximum absolute atomic E-state index is 3.34. The molecule has 0 radical (unpaired) electrons. The molecule has 3 nitrogen and oxygen atoms in total. The number of fused-ring (bicyclic) bond motifs is 1. The average molecular weight is 267 g/mol. The van der Waals surface area contributed by atoms with Crippen molar-refractivity contribution >= 4 is 0 Å². The van der Waals surface area contributed by atoms with Gasteiger partial charge in [0.05, 0.1) is 0 Å². The number of hydrogen-bond donors (Lipinski definition) is 1. The van der Waals surface area contributed by atoms with Crippen LogP contribution in [-0.2, 0) is 0 Å². The van der Waals surface area contributed by atoms with Crippen molar-refractivity contribution in [3.05, 3.63) is 0 Å². The lowest BCUT2D eigenvalue weighted by molar-refractivity contribution is 0.0841. The number of hydrogen-bond acceptors (Lipinski definition) is 3. The van der Waals surface area contributed by atoms with Gasteiger partial charge in [-0.1, -0.05) is 12.8 Å². The molecule has 3 rings (SSSR count). The number of likely N-dealkylation sites (N-methyl/N-ethyl adjacent to an activating group) is 1. The molecule has 2 saturated heterocycles. The number of nitrogens with one attached hydrogen (secondary N) is 1. The monoisotopic (exact) mass is 267 g/mol. The van der Waals surface area contributed by atoms with Crippen molar-refractivity contribution in [2.45, 2.75) is 51.0 Å². The number of piperidine rings is 1. The molecule has 1 N–H and O–H groups in total. The Hall–Kier alpha value is -0.120. The van der Waals surface area contributed by atoms with E-state index in [4.69, 9.17) is 0 Å². The minimum atomic E-state index is 0.956. The van der Waals surface area contributed by atoms with Crippen LogP contribution in [0.3, 0.4) is 0 Å². The van der Waals surface area contributed by atoms with E-state index in [2.05, 4.69) is 29.2 Å². The van der Waals surface area contributed by atoms with Gasteiger partial charge in [0.2, 0.25) is 0 Å². The molecule has 0 bridgehead atoms. The predicted molar refractivity (Wildman–Crippen MR) is 82.6 cm³/mol. The summed E-state index contributed by atoms with van der Waals surface area (Å²) in [6.07, 6.45) is 10.2. The molecule has 3 heteroatoms. The van der Waals surface area contributed by atoms with Gasteiger partial charge in [0.25, 0.3) is 0 Å². The number of rotatable bonds is 0. The molecule has 3 aliphatic rings. The quantitative estimate of drug-likeness (QED) is 0.726. The van der Waals surface area contributed by atoms with E-state index >= 15 is 0 Å². The van der Waals surface area contributed by atoms with Crippen molar-refractivity contribution in [2.24, 2.45) is 5.92 Å². The third-order valence-electron chi connectivity index (χ3n) is 5.08. The Morgan fingerprint density at radius 1 is 0.789 bits per heavy atom. The van der Waals surface area contributed by atoms with Gasteiger partial charge >= 0.3 is 0 Å². The lowest BCUT2D eigenvalue weighted by atomic mass is 9.79. The molecular formula is C16H33N3. The Morgan fingerprint density at radius 2 is 1.58 bits per heavy atom. The zero-order valence-electron chi connectivity index (χ0n) is 13.0. The summed E-state index contributed by atoms with van der Waals surface area (Å²) in [7, 11) is 4.48. The summed E-state index contributed by atoms with van der Waals surface area (Å²) < 4.78 is 0. The van der Waals surface area contributed by atoms with Crippen LogP contribution in [0.4, 0.5) is 0 Å². The van der Waals surface area contributed by atoms with E-state index < -0.39 is 0 Å². The van der Waals surface area contributed by atoms with Crippen molar-refractivity contribution in [1.82, 2.24) is 15.1 Å². The second-order valence-electron chi connectivity index (χ2n) is 6.64. The molecule has 1 aliphatic carbocycles. The molecule has 2 unspecified atom stereocenters. The predicted octanol–water partition coefficient (Wildman–Crippen LogP) is 2.18. The summed E-state index contributed by atoms with van der Waals surface area (Å²) in [5, 5.41) is 3.34. The van der Waals surface area contributed by atoms with Gasteiger partial charge in [-0.05, 0) is 71.8 Å². The summed E-state index contributed by atoms with van der Waals surface area (Å²) in [5.41, 5.74) is 0. The third-order valence-corrected chi connectivity index (χ3v) is 5.08. The zero-order chi connectivity index (χ0) is 13.5. The fourth-order valence-corrected chi connectivity index (χ4v) is 3.85. The van der Waals surface area contributed by atoms with Crippen LogP contribution < -0.4 is 5.32 Å². The molecule has 2 aliphatic heterocycles. The van der Waals surface area contributed by atoms with Gasteiger partial charge in [-0.3, -0.25) is 0 Å². The van der Waals surface area contributed by atoms with Crippen LogP contribution >= 0.6 is 0 Å². The second kappa shape index (κ2) is 8.23. The first-order valence-electron chi connectivity index (χ1n) is 8.37. The van der Waals surface area contributed by atoms with Crippen molar-refractivity contribution in [1.29, 1.82) is 0 Å². The van der Waals surface area contributed by atoms with Crippen LogP contribution in [0, 0.1) is 5.92 Å². The van der Waals surface area contributed by atoms with Gasteiger partial charge in [0.15, 0.2) is 0 Å². The summed E-state index contributed by atoms with van der Waals surface area (Å²) in [4.78, 5) is 4.95. The molecule has 0 amide bonds. The Labute approximate surface area is 119 Å². The lowest BCUT2D eigenvalue weighted by Crippen LogP contribution is -2.44.